The summed E-state index contributed by atoms with van der Waals surface area (Å²) in [6, 6.07) is 5.04. The second-order valence-electron chi connectivity index (χ2n) is 7.71. The van der Waals surface area contributed by atoms with Crippen LogP contribution in [0.25, 0.3) is 17.0 Å². The number of halogens is 2. The minimum absolute atomic E-state index is 0.0963. The zero-order valence-electron chi connectivity index (χ0n) is 16.5. The van der Waals surface area contributed by atoms with Crippen molar-refractivity contribution in [1.29, 1.82) is 0 Å². The molecule has 0 radical (unpaired) electrons. The number of fused-ring (bicyclic) bond motifs is 1. The Bertz CT molecular complexity index is 1050. The lowest BCUT2D eigenvalue weighted by atomic mass is 9.77. The Labute approximate surface area is 172 Å². The number of aliphatic imine (C=N–C) groups is 1. The van der Waals surface area contributed by atoms with E-state index in [2.05, 4.69) is 21.7 Å². The number of allylic oxidation sites excluding steroid dienone is 2. The molecular weight excluding hydrogens is 392 g/mol. The molecule has 2 aromatic rings. The average molecular weight is 413 g/mol. The topological polar surface area (TPSA) is 77.6 Å². The highest BCUT2D eigenvalue weighted by atomic mass is 19.3. The van der Waals surface area contributed by atoms with Crippen LogP contribution in [0, 0.1) is 0 Å². The molecule has 8 heteroatoms. The maximum atomic E-state index is 13.5. The van der Waals surface area contributed by atoms with E-state index >= 15 is 0 Å². The van der Waals surface area contributed by atoms with Crippen LogP contribution in [0.1, 0.15) is 55.2 Å². The molecule has 0 saturated heterocycles. The Morgan fingerprint density at radius 1 is 1.27 bits per heavy atom. The first-order valence-corrected chi connectivity index (χ1v) is 9.70. The number of Topliss-reactive ketones (excluding diaryl/α,β-unsaturated/α-hetero) is 1. The van der Waals surface area contributed by atoms with Crippen LogP contribution in [0.2, 0.25) is 0 Å². The van der Waals surface area contributed by atoms with Crippen LogP contribution in [-0.2, 0) is 0 Å². The van der Waals surface area contributed by atoms with Gasteiger partial charge in [0.25, 0.3) is 5.89 Å². The van der Waals surface area contributed by atoms with E-state index in [1.165, 1.54) is 6.20 Å². The molecule has 1 spiro atoms. The van der Waals surface area contributed by atoms with Gasteiger partial charge in [-0.2, -0.15) is 4.98 Å². The van der Waals surface area contributed by atoms with Crippen molar-refractivity contribution < 1.29 is 22.8 Å². The normalized spacial score (nSPS) is 20.2. The Morgan fingerprint density at radius 2 is 2.03 bits per heavy atom. The average Bonchev–Trinajstić information content (AvgIpc) is 3.21. The molecule has 0 atom stereocenters. The maximum Gasteiger partial charge on any atom is 0.258 e. The molecule has 0 N–H and O–H groups in total. The molecule has 2 heterocycles. The predicted octanol–water partition coefficient (Wildman–Crippen LogP) is 5.27. The number of ketones is 1. The summed E-state index contributed by atoms with van der Waals surface area (Å²) in [5, 5.41) is 3.96. The third kappa shape index (κ3) is 3.94. The molecule has 0 unspecified atom stereocenters. The zero-order chi connectivity index (χ0) is 21.4. The largest absolute Gasteiger partial charge is 0.486 e. The number of alkyl halides is 2. The van der Waals surface area contributed by atoms with E-state index in [0.29, 0.717) is 22.7 Å². The number of carbonyl (C=O) groups excluding carboxylic acids is 1. The van der Waals surface area contributed by atoms with Gasteiger partial charge < -0.3 is 9.26 Å². The van der Waals surface area contributed by atoms with Gasteiger partial charge in [0.15, 0.2) is 11.6 Å². The quantitative estimate of drug-likeness (QED) is 0.639. The van der Waals surface area contributed by atoms with Crippen molar-refractivity contribution in [2.24, 2.45) is 4.99 Å². The van der Waals surface area contributed by atoms with E-state index in [1.807, 2.05) is 6.92 Å². The van der Waals surface area contributed by atoms with Crippen molar-refractivity contribution in [2.75, 3.05) is 0 Å². The summed E-state index contributed by atoms with van der Waals surface area (Å²) >= 11 is 0. The monoisotopic (exact) mass is 413 g/mol. The number of carbonyl (C=O) groups is 1. The van der Waals surface area contributed by atoms with Crippen LogP contribution in [0.4, 0.5) is 8.78 Å². The Morgan fingerprint density at radius 3 is 2.77 bits per heavy atom. The molecule has 0 amide bonds. The number of benzene rings is 1. The third-order valence-corrected chi connectivity index (χ3v) is 5.52. The number of aromatic nitrogens is 2. The van der Waals surface area contributed by atoms with Gasteiger partial charge in [-0.1, -0.05) is 11.7 Å². The Hall–Kier alpha value is -3.16. The molecule has 30 heavy (non-hydrogen) atoms. The predicted molar refractivity (Wildman–Crippen MR) is 108 cm³/mol. The van der Waals surface area contributed by atoms with Crippen LogP contribution >= 0.6 is 0 Å². The minimum atomic E-state index is -2.68. The van der Waals surface area contributed by atoms with Crippen LogP contribution in [0.15, 0.2) is 46.6 Å². The summed E-state index contributed by atoms with van der Waals surface area (Å²) in [6.07, 6.45) is 4.63. The van der Waals surface area contributed by atoms with E-state index < -0.39 is 11.5 Å². The molecule has 1 aliphatic carbocycles. The summed E-state index contributed by atoms with van der Waals surface area (Å²) in [5.74, 6) is -1.72. The second kappa shape index (κ2) is 7.59. The molecule has 6 nitrogen and oxygen atoms in total. The first kappa shape index (κ1) is 20.1. The molecule has 156 valence electrons. The molecule has 1 aromatic heterocycles. The lowest BCUT2D eigenvalue weighted by Gasteiger charge is -2.42. The number of hydrogen-bond donors (Lipinski definition) is 0. The first-order valence-electron chi connectivity index (χ1n) is 9.70. The highest BCUT2D eigenvalue weighted by Gasteiger charge is 2.48. The van der Waals surface area contributed by atoms with Gasteiger partial charge in [-0.25, -0.2) is 8.78 Å². The van der Waals surface area contributed by atoms with Gasteiger partial charge in [-0.05, 0) is 49.6 Å². The van der Waals surface area contributed by atoms with Crippen molar-refractivity contribution in [3.05, 3.63) is 48.4 Å². The molecule has 2 aliphatic rings. The van der Waals surface area contributed by atoms with E-state index in [4.69, 9.17) is 9.26 Å². The Balaban J connectivity index is 1.57. The Kier molecular flexibility index (Phi) is 5.09. The van der Waals surface area contributed by atoms with Crippen LogP contribution in [0.3, 0.4) is 0 Å². The van der Waals surface area contributed by atoms with Gasteiger partial charge in [-0.15, -0.1) is 0 Å². The van der Waals surface area contributed by atoms with E-state index in [-0.39, 0.29) is 43.8 Å². The molecule has 1 aromatic carbocycles. The maximum absolute atomic E-state index is 13.5. The van der Waals surface area contributed by atoms with Crippen LogP contribution < -0.4 is 4.74 Å². The van der Waals surface area contributed by atoms with E-state index in [0.717, 1.165) is 5.57 Å². The van der Waals surface area contributed by atoms with Gasteiger partial charge in [0.1, 0.15) is 11.4 Å². The van der Waals surface area contributed by atoms with E-state index in [9.17, 15) is 13.6 Å². The van der Waals surface area contributed by atoms with Gasteiger partial charge in [0, 0.05) is 30.8 Å². The van der Waals surface area contributed by atoms with Crippen molar-refractivity contribution in [3.8, 4) is 17.2 Å². The fraction of sp³-hybridized carbons (Fsp3) is 0.364. The summed E-state index contributed by atoms with van der Waals surface area (Å²) in [6.45, 7) is 5.32. The van der Waals surface area contributed by atoms with Gasteiger partial charge in [0.05, 0.1) is 12.0 Å². The zero-order valence-corrected chi connectivity index (χ0v) is 16.5. The highest BCUT2D eigenvalue weighted by molar-refractivity contribution is 6.01. The molecule has 1 aliphatic heterocycles. The summed E-state index contributed by atoms with van der Waals surface area (Å²) < 4.78 is 38.5. The highest BCUT2D eigenvalue weighted by Crippen LogP contribution is 2.46. The number of hydrogen-bond acceptors (Lipinski definition) is 6. The van der Waals surface area contributed by atoms with Crippen molar-refractivity contribution in [2.45, 2.75) is 50.6 Å². The fourth-order valence-corrected chi connectivity index (χ4v) is 3.77. The summed E-state index contributed by atoms with van der Waals surface area (Å²) in [7, 11) is 0. The number of ether oxygens (including phenoxy) is 1. The second-order valence-corrected chi connectivity index (χ2v) is 7.71. The van der Waals surface area contributed by atoms with Crippen LogP contribution in [0.5, 0.6) is 5.75 Å². The first-order chi connectivity index (χ1) is 14.3. The fourth-order valence-electron chi connectivity index (χ4n) is 3.77. The lowest BCUT2D eigenvalue weighted by molar-refractivity contribution is -0.0946. The van der Waals surface area contributed by atoms with Gasteiger partial charge >= 0.3 is 0 Å². The molecular formula is C22H21F2N3O3. The number of rotatable bonds is 4. The lowest BCUT2D eigenvalue weighted by Crippen LogP contribution is -2.47. The summed E-state index contributed by atoms with van der Waals surface area (Å²) in [4.78, 5) is 21.0. The summed E-state index contributed by atoms with van der Waals surface area (Å²) in [5.41, 5.74) is 0.910. The van der Waals surface area contributed by atoms with Gasteiger partial charge in [0.2, 0.25) is 5.92 Å². The van der Waals surface area contributed by atoms with Crippen molar-refractivity contribution in [3.63, 3.8) is 0 Å². The molecule has 4 rings (SSSR count). The van der Waals surface area contributed by atoms with Crippen LogP contribution in [-0.4, -0.2) is 33.7 Å². The molecule has 1 fully saturated rings. The van der Waals surface area contributed by atoms with E-state index in [1.54, 1.807) is 30.5 Å². The SMILES string of the molecule is C=C/N=C\C=C(/C)c1noc(-c2ccc3c(c2)C(=O)CC2(CCC(F)(F)CC2)O3)n1. The number of nitrogens with zero attached hydrogens (tertiary/aromatic N) is 3. The van der Waals surface area contributed by atoms with Crippen molar-refractivity contribution >= 4 is 17.6 Å². The third-order valence-electron chi connectivity index (χ3n) is 5.52. The smallest absolute Gasteiger partial charge is 0.258 e. The minimum Gasteiger partial charge on any atom is -0.486 e. The van der Waals surface area contributed by atoms with Gasteiger partial charge in [-0.3, -0.25) is 9.79 Å². The standard InChI is InChI=1S/C22H21F2N3O3/c1-3-25-11-6-14(2)19-26-20(30-27-19)15-4-5-18-16(12-15)17(28)13-21(29-18)7-9-22(23,24)10-8-21/h3-6,11-12H,1,7-10,13H2,2H3/b14-6+,25-11-. The molecule has 1 saturated carbocycles. The molecule has 0 bridgehead atoms. The van der Waals surface area contributed by atoms with Crippen molar-refractivity contribution in [1.82, 2.24) is 10.1 Å².